The molecule has 144 valence electrons. The van der Waals surface area contributed by atoms with Gasteiger partial charge in [-0.2, -0.15) is 5.06 Å². The van der Waals surface area contributed by atoms with Gasteiger partial charge in [0.05, 0.1) is 18.8 Å². The normalized spacial score (nSPS) is 13.0. The number of ether oxygens (including phenoxy) is 1. The third-order valence-electron chi connectivity index (χ3n) is 5.17. The number of nitrogens with zero attached hydrogens (tertiary/aromatic N) is 1. The van der Waals surface area contributed by atoms with Crippen LogP contribution in [0.4, 0.5) is 0 Å². The fourth-order valence-corrected chi connectivity index (χ4v) is 3.43. The molecule has 3 nitrogen and oxygen atoms in total. The van der Waals surface area contributed by atoms with Crippen LogP contribution in [0, 0.1) is 18.8 Å². The number of hydrogen-bond donors (Lipinski definition) is 0. The van der Waals surface area contributed by atoms with Crippen LogP contribution < -0.4 is 0 Å². The molecule has 0 N–H and O–H groups in total. The number of rotatable bonds is 10. The first kappa shape index (κ1) is 22.1. The fourth-order valence-electron chi connectivity index (χ4n) is 3.43. The Labute approximate surface area is 155 Å². The highest BCUT2D eigenvalue weighted by Crippen LogP contribution is 2.33. The highest BCUT2D eigenvalue weighted by atomic mass is 16.7. The van der Waals surface area contributed by atoms with Gasteiger partial charge in [0.15, 0.2) is 0 Å². The standard InChI is InChI=1S/C22H39NO2/c1-16(2)22(17(3)4,15-25-23(18(5)6)19(7)8)24-14-21-13-11-10-12-20(21)9/h10-13,16-19H,14-15H2,1-9H3. The van der Waals surface area contributed by atoms with Gasteiger partial charge >= 0.3 is 0 Å². The monoisotopic (exact) mass is 349 g/mol. The molecule has 0 aliphatic heterocycles. The van der Waals surface area contributed by atoms with Crippen molar-refractivity contribution >= 4 is 0 Å². The van der Waals surface area contributed by atoms with Crippen LogP contribution in [0.25, 0.3) is 0 Å². The summed E-state index contributed by atoms with van der Waals surface area (Å²) in [6.07, 6.45) is 0. The first-order valence-electron chi connectivity index (χ1n) is 9.71. The molecule has 0 fully saturated rings. The first-order valence-corrected chi connectivity index (χ1v) is 9.71. The van der Waals surface area contributed by atoms with Crippen LogP contribution in [-0.2, 0) is 16.2 Å². The van der Waals surface area contributed by atoms with Gasteiger partial charge in [-0.15, -0.1) is 0 Å². The van der Waals surface area contributed by atoms with Crippen molar-refractivity contribution in [1.82, 2.24) is 5.06 Å². The second kappa shape index (κ2) is 9.70. The van der Waals surface area contributed by atoms with Gasteiger partial charge in [0, 0.05) is 12.1 Å². The van der Waals surface area contributed by atoms with Gasteiger partial charge in [0.25, 0.3) is 0 Å². The molecule has 3 heteroatoms. The summed E-state index contributed by atoms with van der Waals surface area (Å²) < 4.78 is 6.58. The van der Waals surface area contributed by atoms with E-state index in [2.05, 4.69) is 91.6 Å². The first-order chi connectivity index (χ1) is 11.6. The van der Waals surface area contributed by atoms with E-state index >= 15 is 0 Å². The molecular weight excluding hydrogens is 310 g/mol. The quantitative estimate of drug-likeness (QED) is 0.512. The van der Waals surface area contributed by atoms with Crippen LogP contribution in [0.15, 0.2) is 24.3 Å². The molecule has 25 heavy (non-hydrogen) atoms. The summed E-state index contributed by atoms with van der Waals surface area (Å²) in [5.41, 5.74) is 2.21. The van der Waals surface area contributed by atoms with E-state index in [9.17, 15) is 0 Å². The number of hydroxylamine groups is 2. The lowest BCUT2D eigenvalue weighted by Gasteiger charge is -2.43. The fraction of sp³-hybridized carbons (Fsp3) is 0.727. The Bertz CT molecular complexity index is 493. The average molecular weight is 350 g/mol. The molecule has 0 unspecified atom stereocenters. The molecule has 1 rings (SSSR count). The molecule has 0 spiro atoms. The summed E-state index contributed by atoms with van der Waals surface area (Å²) >= 11 is 0. The molecule has 0 saturated heterocycles. The zero-order valence-corrected chi connectivity index (χ0v) is 17.8. The van der Waals surface area contributed by atoms with E-state index in [0.717, 1.165) is 0 Å². The molecule has 0 aliphatic rings. The van der Waals surface area contributed by atoms with E-state index < -0.39 is 0 Å². The van der Waals surface area contributed by atoms with Gasteiger partial charge in [-0.1, -0.05) is 52.0 Å². The molecule has 0 saturated carbocycles. The molecule has 0 amide bonds. The van der Waals surface area contributed by atoms with Crippen LogP contribution in [0.3, 0.4) is 0 Å². The lowest BCUT2D eigenvalue weighted by molar-refractivity contribution is -0.259. The highest BCUT2D eigenvalue weighted by molar-refractivity contribution is 5.24. The minimum absolute atomic E-state index is 0.315. The minimum atomic E-state index is -0.315. The Kier molecular flexibility index (Phi) is 8.59. The Morgan fingerprint density at radius 1 is 0.880 bits per heavy atom. The summed E-state index contributed by atoms with van der Waals surface area (Å²) in [7, 11) is 0. The smallest absolute Gasteiger partial charge is 0.0984 e. The molecule has 0 aliphatic carbocycles. The predicted octanol–water partition coefficient (Wildman–Crippen LogP) is 5.61. The van der Waals surface area contributed by atoms with Crippen molar-refractivity contribution in [3.8, 4) is 0 Å². The van der Waals surface area contributed by atoms with Crippen molar-refractivity contribution in [2.24, 2.45) is 11.8 Å². The average Bonchev–Trinajstić information content (AvgIpc) is 2.50. The molecule has 0 bridgehead atoms. The van der Waals surface area contributed by atoms with Crippen molar-refractivity contribution in [2.75, 3.05) is 6.61 Å². The maximum atomic E-state index is 6.58. The lowest BCUT2D eigenvalue weighted by Crippen LogP contribution is -2.51. The number of benzene rings is 1. The van der Waals surface area contributed by atoms with Crippen LogP contribution in [-0.4, -0.2) is 29.4 Å². The highest BCUT2D eigenvalue weighted by Gasteiger charge is 2.40. The summed E-state index contributed by atoms with van der Waals surface area (Å²) in [6, 6.07) is 9.12. The van der Waals surface area contributed by atoms with E-state index in [-0.39, 0.29) is 5.60 Å². The van der Waals surface area contributed by atoms with E-state index in [0.29, 0.717) is 37.1 Å². The Balaban J connectivity index is 2.96. The zero-order valence-electron chi connectivity index (χ0n) is 17.8. The Hall–Kier alpha value is -0.900. The van der Waals surface area contributed by atoms with E-state index in [1.165, 1.54) is 11.1 Å². The molecule has 0 heterocycles. The molecule has 1 aromatic carbocycles. The van der Waals surface area contributed by atoms with Crippen molar-refractivity contribution in [3.63, 3.8) is 0 Å². The van der Waals surface area contributed by atoms with Crippen molar-refractivity contribution in [2.45, 2.75) is 86.6 Å². The Morgan fingerprint density at radius 2 is 1.40 bits per heavy atom. The molecular formula is C22H39NO2. The maximum absolute atomic E-state index is 6.58. The predicted molar refractivity (Wildman–Crippen MR) is 106 cm³/mol. The molecule has 0 radical (unpaired) electrons. The molecule has 1 aromatic rings. The van der Waals surface area contributed by atoms with E-state index in [1.54, 1.807) is 0 Å². The third kappa shape index (κ3) is 5.80. The number of aryl methyl sites for hydroxylation is 1. The lowest BCUT2D eigenvalue weighted by atomic mass is 9.80. The van der Waals surface area contributed by atoms with E-state index in [4.69, 9.17) is 9.57 Å². The molecule has 0 atom stereocenters. The summed E-state index contributed by atoms with van der Waals surface area (Å²) in [4.78, 5) is 6.28. The number of hydrogen-bond acceptors (Lipinski definition) is 3. The van der Waals surface area contributed by atoms with Gasteiger partial charge in [-0.05, 0) is 57.6 Å². The minimum Gasteiger partial charge on any atom is -0.367 e. The van der Waals surface area contributed by atoms with Crippen molar-refractivity contribution < 1.29 is 9.57 Å². The van der Waals surface area contributed by atoms with Gasteiger partial charge in [-0.3, -0.25) is 4.84 Å². The van der Waals surface area contributed by atoms with Gasteiger partial charge < -0.3 is 4.74 Å². The third-order valence-corrected chi connectivity index (χ3v) is 5.17. The van der Waals surface area contributed by atoms with Gasteiger partial charge in [0.2, 0.25) is 0 Å². The Morgan fingerprint density at radius 3 is 1.84 bits per heavy atom. The van der Waals surface area contributed by atoms with Crippen LogP contribution in [0.5, 0.6) is 0 Å². The summed E-state index contributed by atoms with van der Waals surface area (Å²) in [6.45, 7) is 20.9. The second-order valence-corrected chi connectivity index (χ2v) is 8.30. The van der Waals surface area contributed by atoms with Crippen LogP contribution in [0.1, 0.15) is 66.5 Å². The summed E-state index contributed by atoms with van der Waals surface area (Å²) in [5, 5.41) is 2.08. The zero-order chi connectivity index (χ0) is 19.2. The topological polar surface area (TPSA) is 21.7 Å². The molecule has 0 aromatic heterocycles. The second-order valence-electron chi connectivity index (χ2n) is 8.30. The van der Waals surface area contributed by atoms with Crippen molar-refractivity contribution in [1.29, 1.82) is 0 Å². The van der Waals surface area contributed by atoms with Crippen molar-refractivity contribution in [3.05, 3.63) is 35.4 Å². The van der Waals surface area contributed by atoms with Gasteiger partial charge in [0.1, 0.15) is 0 Å². The van der Waals surface area contributed by atoms with E-state index in [1.807, 2.05) is 0 Å². The van der Waals surface area contributed by atoms with Gasteiger partial charge in [-0.25, -0.2) is 0 Å². The summed E-state index contributed by atoms with van der Waals surface area (Å²) in [5.74, 6) is 0.718. The maximum Gasteiger partial charge on any atom is 0.0984 e. The largest absolute Gasteiger partial charge is 0.367 e. The van der Waals surface area contributed by atoms with Crippen LogP contribution in [0.2, 0.25) is 0 Å². The SMILES string of the molecule is Cc1ccccc1COC(CON(C(C)C)C(C)C)(C(C)C)C(C)C. The van der Waals surface area contributed by atoms with Crippen LogP contribution >= 0.6 is 0 Å².